The van der Waals surface area contributed by atoms with Gasteiger partial charge in [0.1, 0.15) is 11.6 Å². The Morgan fingerprint density at radius 3 is 2.77 bits per heavy atom. The standard InChI is InChI=1S/C20H18ClN3O2/c1-26-17-7-4-6-16(12-17)24-20(25)14-9-10-22-19(11-14)23-13-15-5-2-3-8-18(15)21/h2-12H,13H2,1H3,(H,22,23)(H,24,25). The van der Waals surface area contributed by atoms with Gasteiger partial charge in [0, 0.05) is 35.1 Å². The van der Waals surface area contributed by atoms with E-state index in [4.69, 9.17) is 16.3 Å². The average Bonchev–Trinajstić information content (AvgIpc) is 2.68. The van der Waals surface area contributed by atoms with Gasteiger partial charge in [0.05, 0.1) is 7.11 Å². The van der Waals surface area contributed by atoms with Gasteiger partial charge in [0.2, 0.25) is 0 Å². The third kappa shape index (κ3) is 4.52. The maximum absolute atomic E-state index is 12.5. The second-order valence-corrected chi connectivity index (χ2v) is 5.97. The van der Waals surface area contributed by atoms with E-state index in [1.54, 1.807) is 37.6 Å². The first-order valence-electron chi connectivity index (χ1n) is 8.04. The van der Waals surface area contributed by atoms with Crippen molar-refractivity contribution in [3.63, 3.8) is 0 Å². The number of carbonyl (C=O) groups is 1. The summed E-state index contributed by atoms with van der Waals surface area (Å²) in [6.45, 7) is 0.521. The molecular formula is C20H18ClN3O2. The number of hydrogen-bond donors (Lipinski definition) is 2. The van der Waals surface area contributed by atoms with Gasteiger partial charge in [0.15, 0.2) is 0 Å². The molecule has 0 aliphatic heterocycles. The van der Waals surface area contributed by atoms with E-state index < -0.39 is 0 Å². The molecule has 3 rings (SSSR count). The third-order valence-corrected chi connectivity index (χ3v) is 4.14. The second-order valence-electron chi connectivity index (χ2n) is 5.56. The molecule has 0 aliphatic carbocycles. The number of anilines is 2. The molecule has 0 unspecified atom stereocenters. The molecule has 1 heterocycles. The number of carbonyl (C=O) groups excluding carboxylic acids is 1. The predicted molar refractivity (Wildman–Crippen MR) is 104 cm³/mol. The van der Waals surface area contributed by atoms with E-state index in [0.717, 1.165) is 5.56 Å². The number of halogens is 1. The normalized spacial score (nSPS) is 10.2. The monoisotopic (exact) mass is 367 g/mol. The van der Waals surface area contributed by atoms with Gasteiger partial charge in [-0.25, -0.2) is 4.98 Å². The van der Waals surface area contributed by atoms with Gasteiger partial charge < -0.3 is 15.4 Å². The molecule has 0 spiro atoms. The topological polar surface area (TPSA) is 63.2 Å². The molecule has 3 aromatic rings. The van der Waals surface area contributed by atoms with E-state index >= 15 is 0 Å². The zero-order valence-electron chi connectivity index (χ0n) is 14.2. The molecule has 0 saturated heterocycles. The SMILES string of the molecule is COc1cccc(NC(=O)c2ccnc(NCc3ccccc3Cl)c2)c1. The molecule has 0 atom stereocenters. The Bertz CT molecular complexity index is 915. The van der Waals surface area contributed by atoms with Crippen molar-refractivity contribution in [2.75, 3.05) is 17.7 Å². The summed E-state index contributed by atoms with van der Waals surface area (Å²) in [5.74, 6) is 1.06. The molecule has 0 radical (unpaired) electrons. The molecule has 0 saturated carbocycles. The van der Waals surface area contributed by atoms with Crippen LogP contribution < -0.4 is 15.4 Å². The number of pyridine rings is 1. The number of nitrogens with one attached hydrogen (secondary N) is 2. The van der Waals surface area contributed by atoms with Crippen molar-refractivity contribution in [1.82, 2.24) is 4.98 Å². The minimum atomic E-state index is -0.221. The lowest BCUT2D eigenvalue weighted by atomic mass is 10.2. The minimum absolute atomic E-state index is 0.221. The molecular weight excluding hydrogens is 350 g/mol. The first kappa shape index (κ1) is 17.8. The molecule has 132 valence electrons. The van der Waals surface area contributed by atoms with Crippen molar-refractivity contribution in [2.45, 2.75) is 6.54 Å². The zero-order chi connectivity index (χ0) is 18.4. The van der Waals surface area contributed by atoms with E-state index in [-0.39, 0.29) is 5.91 Å². The van der Waals surface area contributed by atoms with Crippen LogP contribution in [0.4, 0.5) is 11.5 Å². The number of methoxy groups -OCH3 is 1. The highest BCUT2D eigenvalue weighted by Crippen LogP contribution is 2.19. The lowest BCUT2D eigenvalue weighted by molar-refractivity contribution is 0.102. The van der Waals surface area contributed by atoms with Crippen LogP contribution in [0.5, 0.6) is 5.75 Å². The van der Waals surface area contributed by atoms with Gasteiger partial charge >= 0.3 is 0 Å². The second kappa shape index (κ2) is 8.36. The van der Waals surface area contributed by atoms with Gasteiger partial charge in [-0.3, -0.25) is 4.79 Å². The van der Waals surface area contributed by atoms with Crippen LogP contribution >= 0.6 is 11.6 Å². The van der Waals surface area contributed by atoms with Gasteiger partial charge in [-0.2, -0.15) is 0 Å². The highest BCUT2D eigenvalue weighted by molar-refractivity contribution is 6.31. The lowest BCUT2D eigenvalue weighted by Gasteiger charge is -2.10. The Morgan fingerprint density at radius 2 is 1.96 bits per heavy atom. The molecule has 5 nitrogen and oxygen atoms in total. The van der Waals surface area contributed by atoms with Crippen molar-refractivity contribution in [1.29, 1.82) is 0 Å². The van der Waals surface area contributed by atoms with Crippen molar-refractivity contribution < 1.29 is 9.53 Å². The fourth-order valence-corrected chi connectivity index (χ4v) is 2.60. The molecule has 6 heteroatoms. The molecule has 26 heavy (non-hydrogen) atoms. The van der Waals surface area contributed by atoms with Crippen LogP contribution in [0.2, 0.25) is 5.02 Å². The van der Waals surface area contributed by atoms with Crippen LogP contribution in [0.25, 0.3) is 0 Å². The van der Waals surface area contributed by atoms with Gasteiger partial charge in [-0.05, 0) is 35.9 Å². The Labute approximate surface area is 157 Å². The molecule has 2 N–H and O–H groups in total. The maximum atomic E-state index is 12.5. The maximum Gasteiger partial charge on any atom is 0.255 e. The number of ether oxygens (including phenoxy) is 1. The van der Waals surface area contributed by atoms with E-state index in [1.807, 2.05) is 36.4 Å². The Kier molecular flexibility index (Phi) is 5.71. The van der Waals surface area contributed by atoms with Crippen LogP contribution in [-0.2, 0) is 6.54 Å². The largest absolute Gasteiger partial charge is 0.497 e. The Balaban J connectivity index is 1.68. The number of hydrogen-bond acceptors (Lipinski definition) is 4. The Hall–Kier alpha value is -3.05. The van der Waals surface area contributed by atoms with Crippen molar-refractivity contribution in [3.8, 4) is 5.75 Å². The molecule has 1 amide bonds. The predicted octanol–water partition coefficient (Wildman–Crippen LogP) is 4.61. The minimum Gasteiger partial charge on any atom is -0.497 e. The fraction of sp³-hybridized carbons (Fsp3) is 0.100. The van der Waals surface area contributed by atoms with E-state index in [1.165, 1.54) is 0 Å². The van der Waals surface area contributed by atoms with Crippen molar-refractivity contribution in [2.24, 2.45) is 0 Å². The van der Waals surface area contributed by atoms with Gasteiger partial charge in [-0.1, -0.05) is 35.9 Å². The van der Waals surface area contributed by atoms with Gasteiger partial charge in [-0.15, -0.1) is 0 Å². The fourth-order valence-electron chi connectivity index (χ4n) is 2.40. The quantitative estimate of drug-likeness (QED) is 0.668. The summed E-state index contributed by atoms with van der Waals surface area (Å²) in [5.41, 5.74) is 2.13. The third-order valence-electron chi connectivity index (χ3n) is 3.77. The number of amides is 1. The summed E-state index contributed by atoms with van der Waals surface area (Å²) in [7, 11) is 1.58. The van der Waals surface area contributed by atoms with Gasteiger partial charge in [0.25, 0.3) is 5.91 Å². The number of nitrogens with zero attached hydrogens (tertiary/aromatic N) is 1. The molecule has 2 aromatic carbocycles. The van der Waals surface area contributed by atoms with Crippen LogP contribution in [-0.4, -0.2) is 18.0 Å². The summed E-state index contributed by atoms with van der Waals surface area (Å²) >= 11 is 6.15. The van der Waals surface area contributed by atoms with E-state index in [2.05, 4.69) is 15.6 Å². The van der Waals surface area contributed by atoms with E-state index in [0.29, 0.717) is 34.4 Å². The van der Waals surface area contributed by atoms with E-state index in [9.17, 15) is 4.79 Å². The summed E-state index contributed by atoms with van der Waals surface area (Å²) in [6.07, 6.45) is 1.59. The molecule has 0 aliphatic rings. The van der Waals surface area contributed by atoms with Crippen molar-refractivity contribution >= 4 is 29.0 Å². The molecule has 0 bridgehead atoms. The summed E-state index contributed by atoms with van der Waals surface area (Å²) in [4.78, 5) is 16.7. The average molecular weight is 368 g/mol. The van der Waals surface area contributed by atoms with Crippen LogP contribution in [0.15, 0.2) is 66.9 Å². The summed E-state index contributed by atoms with van der Waals surface area (Å²) in [6, 6.07) is 18.1. The lowest BCUT2D eigenvalue weighted by Crippen LogP contribution is -2.13. The molecule has 0 fully saturated rings. The Morgan fingerprint density at radius 1 is 1.12 bits per heavy atom. The first-order chi connectivity index (χ1) is 12.7. The van der Waals surface area contributed by atoms with Crippen LogP contribution in [0.3, 0.4) is 0 Å². The first-order valence-corrected chi connectivity index (χ1v) is 8.42. The number of rotatable bonds is 6. The van der Waals surface area contributed by atoms with Crippen LogP contribution in [0.1, 0.15) is 15.9 Å². The highest BCUT2D eigenvalue weighted by Gasteiger charge is 2.08. The smallest absolute Gasteiger partial charge is 0.255 e. The summed E-state index contributed by atoms with van der Waals surface area (Å²) < 4.78 is 5.16. The zero-order valence-corrected chi connectivity index (χ0v) is 15.0. The number of benzene rings is 2. The van der Waals surface area contributed by atoms with Crippen LogP contribution in [0, 0.1) is 0 Å². The summed E-state index contributed by atoms with van der Waals surface area (Å²) in [5, 5.41) is 6.72. The molecule has 1 aromatic heterocycles. The number of aromatic nitrogens is 1. The highest BCUT2D eigenvalue weighted by atomic mass is 35.5. The van der Waals surface area contributed by atoms with Crippen molar-refractivity contribution in [3.05, 3.63) is 83.0 Å².